The van der Waals surface area contributed by atoms with Gasteiger partial charge in [0.25, 0.3) is 0 Å². The van der Waals surface area contributed by atoms with E-state index in [0.29, 0.717) is 50.1 Å². The molecule has 1 N–H and O–H groups in total. The number of aromatic nitrogens is 4. The highest BCUT2D eigenvalue weighted by Crippen LogP contribution is 2.25. The van der Waals surface area contributed by atoms with Crippen LogP contribution in [0.2, 0.25) is 0 Å². The van der Waals surface area contributed by atoms with Crippen molar-refractivity contribution in [1.82, 2.24) is 29.0 Å². The number of pyridine rings is 1. The molecule has 6 rings (SSSR count). The summed E-state index contributed by atoms with van der Waals surface area (Å²) >= 11 is 0. The molecule has 45 heavy (non-hydrogen) atoms. The first kappa shape index (κ1) is 30.5. The highest BCUT2D eigenvalue weighted by Gasteiger charge is 2.32. The number of sulfonamides is 1. The number of carbonyl (C=O) groups excluding carboxylic acids is 1. The first-order chi connectivity index (χ1) is 21.6. The van der Waals surface area contributed by atoms with E-state index < -0.39 is 10.0 Å². The number of anilines is 4. The molecule has 236 valence electrons. The summed E-state index contributed by atoms with van der Waals surface area (Å²) in [4.78, 5) is 27.8. The summed E-state index contributed by atoms with van der Waals surface area (Å²) in [7, 11) is -3.50. The van der Waals surface area contributed by atoms with Gasteiger partial charge in [0.05, 0.1) is 10.6 Å². The van der Waals surface area contributed by atoms with Gasteiger partial charge in [-0.05, 0) is 63.2 Å². The first-order valence-electron chi connectivity index (χ1n) is 15.2. The zero-order valence-corrected chi connectivity index (χ0v) is 26.9. The van der Waals surface area contributed by atoms with E-state index in [-0.39, 0.29) is 18.0 Å². The first-order valence-corrected chi connectivity index (χ1v) is 16.6. The van der Waals surface area contributed by atoms with Crippen molar-refractivity contribution < 1.29 is 13.2 Å². The minimum Gasteiger partial charge on any atom is -0.369 e. The lowest BCUT2D eigenvalue weighted by Crippen LogP contribution is -2.58. The number of amides is 1. The van der Waals surface area contributed by atoms with Crippen molar-refractivity contribution in [3.05, 3.63) is 78.8 Å². The SMILES string of the molecule is CC(=O)N1[C@H](C)CN(c2cc(-n3cnc(Nc4ccc(N5CCN(S(=O)(=O)c6ccc(C)cc6)CC5)cc4)n3)ccn2)C[C@@H]1C. The molecular weight excluding hydrogens is 590 g/mol. The van der Waals surface area contributed by atoms with Crippen molar-refractivity contribution in [2.24, 2.45) is 0 Å². The molecule has 4 aromatic rings. The number of nitrogens with zero attached hydrogens (tertiary/aromatic N) is 8. The highest BCUT2D eigenvalue weighted by molar-refractivity contribution is 7.89. The predicted octanol–water partition coefficient (Wildman–Crippen LogP) is 3.67. The van der Waals surface area contributed by atoms with E-state index in [0.717, 1.165) is 28.4 Å². The Morgan fingerprint density at radius 2 is 1.51 bits per heavy atom. The molecular formula is C32H39N9O3S. The Morgan fingerprint density at radius 3 is 2.16 bits per heavy atom. The molecule has 2 saturated heterocycles. The van der Waals surface area contributed by atoms with Crippen LogP contribution in [0.3, 0.4) is 0 Å². The third kappa shape index (κ3) is 6.50. The maximum Gasteiger partial charge on any atom is 0.246 e. The summed E-state index contributed by atoms with van der Waals surface area (Å²) in [5.74, 6) is 1.40. The number of hydrogen-bond donors (Lipinski definition) is 1. The standard InChI is InChI=1S/C32H39N9O3S/c1-23-5-11-30(12-6-23)45(43,44)39-17-15-37(16-18-39)28-9-7-27(8-10-28)35-32-34-22-40(36-32)29-13-14-33-31(19-29)38-20-24(2)41(26(4)42)25(3)21-38/h5-14,19,22,24-25H,15-18,20-21H2,1-4H3,(H,35,36)/t24-,25+. The molecule has 0 aliphatic carbocycles. The summed E-state index contributed by atoms with van der Waals surface area (Å²) in [6.45, 7) is 11.2. The Hall–Kier alpha value is -4.49. The molecule has 12 nitrogen and oxygen atoms in total. The number of carbonyl (C=O) groups is 1. The number of hydrogen-bond acceptors (Lipinski definition) is 9. The molecule has 2 aromatic heterocycles. The van der Waals surface area contributed by atoms with E-state index in [1.807, 2.05) is 60.4 Å². The summed E-state index contributed by atoms with van der Waals surface area (Å²) in [5.41, 5.74) is 3.75. The molecule has 0 spiro atoms. The van der Waals surface area contributed by atoms with E-state index in [2.05, 4.69) is 44.0 Å². The second-order valence-corrected chi connectivity index (χ2v) is 13.7. The number of rotatable bonds is 7. The lowest BCUT2D eigenvalue weighted by Gasteiger charge is -2.44. The van der Waals surface area contributed by atoms with Crippen molar-refractivity contribution in [1.29, 1.82) is 0 Å². The fourth-order valence-corrected chi connectivity index (χ4v) is 7.65. The van der Waals surface area contributed by atoms with Crippen LogP contribution in [0.15, 0.2) is 78.1 Å². The van der Waals surface area contributed by atoms with Crippen LogP contribution >= 0.6 is 0 Å². The van der Waals surface area contributed by atoms with E-state index in [9.17, 15) is 13.2 Å². The number of aryl methyl sites for hydroxylation is 1. The summed E-state index contributed by atoms with van der Waals surface area (Å²) < 4.78 is 29.4. The molecule has 1 amide bonds. The van der Waals surface area contributed by atoms with Gasteiger partial charge in [0.15, 0.2) is 0 Å². The van der Waals surface area contributed by atoms with Crippen molar-refractivity contribution in [2.75, 3.05) is 54.4 Å². The van der Waals surface area contributed by atoms with Crippen LogP contribution in [0, 0.1) is 6.92 Å². The van der Waals surface area contributed by atoms with Crippen LogP contribution in [0.5, 0.6) is 0 Å². The topological polar surface area (TPSA) is 120 Å². The number of piperazine rings is 2. The minimum atomic E-state index is -3.50. The van der Waals surface area contributed by atoms with Crippen LogP contribution in [0.1, 0.15) is 26.3 Å². The summed E-state index contributed by atoms with van der Waals surface area (Å²) in [6, 6.07) is 19.1. The Labute approximate surface area is 264 Å². The summed E-state index contributed by atoms with van der Waals surface area (Å²) in [6.07, 6.45) is 3.43. The molecule has 2 fully saturated rings. The lowest BCUT2D eigenvalue weighted by atomic mass is 10.1. The van der Waals surface area contributed by atoms with Gasteiger partial charge in [0.2, 0.25) is 21.9 Å². The monoisotopic (exact) mass is 629 g/mol. The summed E-state index contributed by atoms with van der Waals surface area (Å²) in [5, 5.41) is 7.89. The van der Waals surface area contributed by atoms with Crippen molar-refractivity contribution >= 4 is 39.1 Å². The van der Waals surface area contributed by atoms with E-state index in [4.69, 9.17) is 0 Å². The number of nitrogens with one attached hydrogen (secondary N) is 1. The molecule has 2 aliphatic heterocycles. The molecule has 2 atom stereocenters. The highest BCUT2D eigenvalue weighted by atomic mass is 32.2. The zero-order valence-electron chi connectivity index (χ0n) is 26.0. The van der Waals surface area contributed by atoms with Gasteiger partial charge in [-0.15, -0.1) is 5.10 Å². The van der Waals surface area contributed by atoms with Gasteiger partial charge in [0.1, 0.15) is 12.1 Å². The fraction of sp³-hybridized carbons (Fsp3) is 0.375. The average Bonchev–Trinajstić information content (AvgIpc) is 3.50. The normalized spacial score (nSPS) is 19.5. The Bertz CT molecular complexity index is 1740. The van der Waals surface area contributed by atoms with E-state index >= 15 is 0 Å². The van der Waals surface area contributed by atoms with Gasteiger partial charge in [-0.25, -0.2) is 18.1 Å². The minimum absolute atomic E-state index is 0.0927. The van der Waals surface area contributed by atoms with Crippen LogP contribution in [-0.4, -0.2) is 94.6 Å². The molecule has 13 heteroatoms. The lowest BCUT2D eigenvalue weighted by molar-refractivity contribution is -0.133. The Kier molecular flexibility index (Phi) is 8.47. The third-order valence-corrected chi connectivity index (χ3v) is 10.4. The molecule has 0 saturated carbocycles. The number of benzene rings is 2. The van der Waals surface area contributed by atoms with Crippen LogP contribution in [-0.2, 0) is 14.8 Å². The quantitative estimate of drug-likeness (QED) is 0.327. The van der Waals surface area contributed by atoms with Gasteiger partial charge in [-0.1, -0.05) is 17.7 Å². The molecule has 0 radical (unpaired) electrons. The van der Waals surface area contributed by atoms with E-state index in [1.165, 1.54) is 0 Å². The molecule has 2 aliphatic rings. The van der Waals surface area contributed by atoms with Crippen molar-refractivity contribution in [3.8, 4) is 5.69 Å². The van der Waals surface area contributed by atoms with Crippen LogP contribution in [0.4, 0.5) is 23.1 Å². The zero-order chi connectivity index (χ0) is 31.7. The van der Waals surface area contributed by atoms with Gasteiger partial charge < -0.3 is 20.0 Å². The van der Waals surface area contributed by atoms with E-state index in [1.54, 1.807) is 40.6 Å². The molecule has 4 heterocycles. The second kappa shape index (κ2) is 12.5. The van der Waals surface area contributed by atoms with Crippen LogP contribution in [0.25, 0.3) is 5.69 Å². The maximum absolute atomic E-state index is 13.1. The smallest absolute Gasteiger partial charge is 0.246 e. The molecule has 2 aromatic carbocycles. The van der Waals surface area contributed by atoms with Gasteiger partial charge in [-0.2, -0.15) is 9.29 Å². The second-order valence-electron chi connectivity index (χ2n) is 11.8. The maximum atomic E-state index is 13.1. The Balaban J connectivity index is 1.06. The largest absolute Gasteiger partial charge is 0.369 e. The Morgan fingerprint density at radius 1 is 0.844 bits per heavy atom. The van der Waals surface area contributed by atoms with Crippen molar-refractivity contribution in [2.45, 2.75) is 44.7 Å². The fourth-order valence-electron chi connectivity index (χ4n) is 6.23. The molecule has 0 unspecified atom stereocenters. The van der Waals surface area contributed by atoms with Gasteiger partial charge in [-0.3, -0.25) is 4.79 Å². The average molecular weight is 630 g/mol. The van der Waals surface area contributed by atoms with Crippen molar-refractivity contribution in [3.63, 3.8) is 0 Å². The van der Waals surface area contributed by atoms with Gasteiger partial charge in [0, 0.05) is 81.9 Å². The van der Waals surface area contributed by atoms with Crippen LogP contribution < -0.4 is 15.1 Å². The van der Waals surface area contributed by atoms with Gasteiger partial charge >= 0.3 is 0 Å². The third-order valence-electron chi connectivity index (χ3n) is 8.48. The molecule has 0 bridgehead atoms. The predicted molar refractivity (Wildman–Crippen MR) is 175 cm³/mol.